The van der Waals surface area contributed by atoms with Crippen molar-refractivity contribution in [1.82, 2.24) is 0 Å². The van der Waals surface area contributed by atoms with Crippen molar-refractivity contribution in [3.8, 4) is 0 Å². The molecule has 0 aliphatic carbocycles. The predicted octanol–water partition coefficient (Wildman–Crippen LogP) is 1.89. The number of ether oxygens (including phenoxy) is 1. The van der Waals surface area contributed by atoms with Crippen LogP contribution in [0.3, 0.4) is 0 Å². The average molecular weight is 197 g/mol. The van der Waals surface area contributed by atoms with Gasteiger partial charge < -0.3 is 10.5 Å². The van der Waals surface area contributed by atoms with Gasteiger partial charge in [0, 0.05) is 11.3 Å². The zero-order valence-corrected chi connectivity index (χ0v) is 8.13. The maximum atomic E-state index is 13.1. The summed E-state index contributed by atoms with van der Waals surface area (Å²) in [5.74, 6) is -1.04. The highest BCUT2D eigenvalue weighted by Crippen LogP contribution is 2.20. The van der Waals surface area contributed by atoms with E-state index < -0.39 is 11.8 Å². The van der Waals surface area contributed by atoms with Crippen LogP contribution in [0.2, 0.25) is 0 Å². The predicted molar refractivity (Wildman–Crippen MR) is 51.5 cm³/mol. The summed E-state index contributed by atoms with van der Waals surface area (Å²) in [4.78, 5) is 11.4. The highest BCUT2D eigenvalue weighted by Gasteiger charge is 2.16. The molecule has 1 aromatic carbocycles. The number of rotatable bonds is 2. The Morgan fingerprint density at radius 1 is 1.57 bits per heavy atom. The van der Waals surface area contributed by atoms with Crippen LogP contribution < -0.4 is 5.73 Å². The van der Waals surface area contributed by atoms with Gasteiger partial charge in [0.2, 0.25) is 0 Å². The topological polar surface area (TPSA) is 52.3 Å². The first-order valence-electron chi connectivity index (χ1n) is 4.29. The maximum Gasteiger partial charge on any atom is 0.340 e. The van der Waals surface area contributed by atoms with E-state index in [0.717, 1.165) is 0 Å². The van der Waals surface area contributed by atoms with Crippen molar-refractivity contribution in [3.05, 3.63) is 29.1 Å². The van der Waals surface area contributed by atoms with Gasteiger partial charge in [-0.05, 0) is 26.0 Å². The minimum Gasteiger partial charge on any atom is -0.462 e. The number of anilines is 1. The molecule has 0 saturated carbocycles. The number of nitrogen functional groups attached to an aromatic ring is 1. The molecule has 0 aliphatic rings. The molecule has 0 aromatic heterocycles. The van der Waals surface area contributed by atoms with Gasteiger partial charge in [-0.1, -0.05) is 0 Å². The van der Waals surface area contributed by atoms with Gasteiger partial charge in [-0.15, -0.1) is 0 Å². The molecule has 0 atom stereocenters. The minimum atomic E-state index is -0.581. The summed E-state index contributed by atoms with van der Waals surface area (Å²) >= 11 is 0. The van der Waals surface area contributed by atoms with Crippen molar-refractivity contribution in [2.45, 2.75) is 13.8 Å². The van der Waals surface area contributed by atoms with Crippen LogP contribution >= 0.6 is 0 Å². The second kappa shape index (κ2) is 4.09. The zero-order chi connectivity index (χ0) is 10.7. The molecule has 0 fully saturated rings. The number of halogens is 1. The van der Waals surface area contributed by atoms with Gasteiger partial charge in [0.1, 0.15) is 5.82 Å². The number of carbonyl (C=O) groups excluding carboxylic acids is 1. The van der Waals surface area contributed by atoms with Gasteiger partial charge in [0.15, 0.2) is 0 Å². The Balaban J connectivity index is 3.18. The van der Waals surface area contributed by atoms with Gasteiger partial charge >= 0.3 is 5.97 Å². The Morgan fingerprint density at radius 3 is 2.79 bits per heavy atom. The summed E-state index contributed by atoms with van der Waals surface area (Å²) in [6.07, 6.45) is 0. The Bertz CT molecular complexity index is 363. The number of hydrogen-bond acceptors (Lipinski definition) is 3. The number of benzene rings is 1. The van der Waals surface area contributed by atoms with E-state index in [0.29, 0.717) is 0 Å². The lowest BCUT2D eigenvalue weighted by molar-refractivity contribution is 0.0526. The third kappa shape index (κ3) is 1.84. The lowest BCUT2D eigenvalue weighted by Gasteiger charge is -2.08. The van der Waals surface area contributed by atoms with E-state index >= 15 is 0 Å². The molecule has 76 valence electrons. The second-order valence-electron chi connectivity index (χ2n) is 2.86. The molecule has 0 bridgehead atoms. The van der Waals surface area contributed by atoms with E-state index in [-0.39, 0.29) is 23.4 Å². The van der Waals surface area contributed by atoms with Gasteiger partial charge in [0.05, 0.1) is 12.2 Å². The fourth-order valence-corrected chi connectivity index (χ4v) is 1.18. The second-order valence-corrected chi connectivity index (χ2v) is 2.86. The number of esters is 1. The van der Waals surface area contributed by atoms with E-state index in [4.69, 9.17) is 10.5 Å². The molecule has 1 aromatic rings. The molecule has 14 heavy (non-hydrogen) atoms. The molecule has 0 saturated heterocycles. The molecule has 0 unspecified atom stereocenters. The van der Waals surface area contributed by atoms with E-state index in [1.807, 2.05) is 0 Å². The normalized spacial score (nSPS) is 9.93. The summed E-state index contributed by atoms with van der Waals surface area (Å²) in [6, 6.07) is 2.59. The fraction of sp³-hybridized carbons (Fsp3) is 0.300. The Labute approximate surface area is 81.7 Å². The monoisotopic (exact) mass is 197 g/mol. The lowest BCUT2D eigenvalue weighted by Crippen LogP contribution is -2.11. The van der Waals surface area contributed by atoms with Gasteiger partial charge in [0.25, 0.3) is 0 Å². The summed E-state index contributed by atoms with van der Waals surface area (Å²) in [5.41, 5.74) is 6.14. The van der Waals surface area contributed by atoms with Crippen LogP contribution in [0.1, 0.15) is 22.8 Å². The quantitative estimate of drug-likeness (QED) is 0.581. The van der Waals surface area contributed by atoms with Crippen LogP contribution in [-0.2, 0) is 4.74 Å². The fourth-order valence-electron chi connectivity index (χ4n) is 1.18. The van der Waals surface area contributed by atoms with Crippen molar-refractivity contribution in [2.24, 2.45) is 0 Å². The number of carbonyl (C=O) groups is 1. The van der Waals surface area contributed by atoms with Gasteiger partial charge in [-0.3, -0.25) is 0 Å². The largest absolute Gasteiger partial charge is 0.462 e. The van der Waals surface area contributed by atoms with Crippen molar-refractivity contribution in [3.63, 3.8) is 0 Å². The first kappa shape index (κ1) is 10.5. The average Bonchev–Trinajstić information content (AvgIpc) is 2.13. The van der Waals surface area contributed by atoms with Crippen LogP contribution in [0.25, 0.3) is 0 Å². The Kier molecular flexibility index (Phi) is 3.06. The highest BCUT2D eigenvalue weighted by atomic mass is 19.1. The molecule has 1 rings (SSSR count). The first-order chi connectivity index (χ1) is 6.57. The van der Waals surface area contributed by atoms with Crippen molar-refractivity contribution >= 4 is 11.7 Å². The minimum absolute atomic E-state index is 0.117. The lowest BCUT2D eigenvalue weighted by atomic mass is 10.1. The zero-order valence-electron chi connectivity index (χ0n) is 8.13. The first-order valence-corrected chi connectivity index (χ1v) is 4.29. The highest BCUT2D eigenvalue weighted by molar-refractivity contribution is 5.96. The molecule has 0 spiro atoms. The molecule has 3 nitrogen and oxygen atoms in total. The Hall–Kier alpha value is -1.58. The van der Waals surface area contributed by atoms with Crippen molar-refractivity contribution in [2.75, 3.05) is 12.3 Å². The molecular weight excluding hydrogens is 185 g/mol. The number of nitrogens with two attached hydrogens (primary N) is 1. The van der Waals surface area contributed by atoms with Crippen LogP contribution in [0.5, 0.6) is 0 Å². The molecule has 0 amide bonds. The van der Waals surface area contributed by atoms with Gasteiger partial charge in [-0.2, -0.15) is 0 Å². The van der Waals surface area contributed by atoms with E-state index in [2.05, 4.69) is 0 Å². The third-order valence-electron chi connectivity index (χ3n) is 1.91. The maximum absolute atomic E-state index is 13.1. The SMILES string of the molecule is CCOC(=O)c1c(N)ccc(F)c1C. The molecule has 2 N–H and O–H groups in total. The third-order valence-corrected chi connectivity index (χ3v) is 1.91. The standard InChI is InChI=1S/C10H12FNO2/c1-3-14-10(13)9-6(2)7(11)4-5-8(9)12/h4-5H,3,12H2,1-2H3. The smallest absolute Gasteiger partial charge is 0.340 e. The van der Waals surface area contributed by atoms with Crippen LogP contribution in [-0.4, -0.2) is 12.6 Å². The number of hydrogen-bond donors (Lipinski definition) is 1. The summed E-state index contributed by atoms with van der Waals surface area (Å²) < 4.78 is 17.9. The summed E-state index contributed by atoms with van der Waals surface area (Å²) in [7, 11) is 0. The van der Waals surface area contributed by atoms with Crippen LogP contribution in [0.15, 0.2) is 12.1 Å². The Morgan fingerprint density at radius 2 is 2.21 bits per heavy atom. The van der Waals surface area contributed by atoms with Crippen molar-refractivity contribution in [1.29, 1.82) is 0 Å². The van der Waals surface area contributed by atoms with Crippen molar-refractivity contribution < 1.29 is 13.9 Å². The van der Waals surface area contributed by atoms with Crippen LogP contribution in [0, 0.1) is 12.7 Å². The summed E-state index contributed by atoms with van der Waals surface area (Å²) in [5, 5.41) is 0. The molecular formula is C10H12FNO2. The molecule has 4 heteroatoms. The van der Waals surface area contributed by atoms with E-state index in [1.165, 1.54) is 19.1 Å². The molecule has 0 heterocycles. The van der Waals surface area contributed by atoms with Crippen LogP contribution in [0.4, 0.5) is 10.1 Å². The summed E-state index contributed by atoms with van der Waals surface area (Å²) in [6.45, 7) is 3.43. The van der Waals surface area contributed by atoms with E-state index in [9.17, 15) is 9.18 Å². The van der Waals surface area contributed by atoms with Gasteiger partial charge in [-0.25, -0.2) is 9.18 Å². The molecule has 0 radical (unpaired) electrons. The van der Waals surface area contributed by atoms with E-state index in [1.54, 1.807) is 6.92 Å². The molecule has 0 aliphatic heterocycles.